The molecule has 0 radical (unpaired) electrons. The van der Waals surface area contributed by atoms with Crippen LogP contribution < -0.4 is 10.1 Å². The summed E-state index contributed by atoms with van der Waals surface area (Å²) in [5, 5.41) is 8.60. The van der Waals surface area contributed by atoms with Crippen LogP contribution in [0.1, 0.15) is 18.4 Å². The van der Waals surface area contributed by atoms with Crippen LogP contribution in [-0.2, 0) is 6.42 Å². The van der Waals surface area contributed by atoms with Gasteiger partial charge in [0.25, 0.3) is 0 Å². The Morgan fingerprint density at radius 3 is 2.77 bits per heavy atom. The lowest BCUT2D eigenvalue weighted by Gasteiger charge is -2.10. The van der Waals surface area contributed by atoms with E-state index in [1.807, 2.05) is 35.0 Å². The number of aromatic nitrogens is 2. The van der Waals surface area contributed by atoms with Crippen LogP contribution in [-0.4, -0.2) is 23.4 Å². The van der Waals surface area contributed by atoms with Crippen LogP contribution in [0.15, 0.2) is 51.4 Å². The van der Waals surface area contributed by atoms with Gasteiger partial charge in [0.15, 0.2) is 0 Å². The number of nitrogens with one attached hydrogen (secondary N) is 1. The quantitative estimate of drug-likeness (QED) is 0.517. The van der Waals surface area contributed by atoms with Crippen molar-refractivity contribution in [3.8, 4) is 22.7 Å². The third-order valence-corrected chi connectivity index (χ3v) is 5.79. The van der Waals surface area contributed by atoms with Crippen molar-refractivity contribution in [2.75, 3.05) is 19.0 Å². The van der Waals surface area contributed by atoms with Crippen molar-refractivity contribution in [2.24, 2.45) is 0 Å². The molecular weight excluding hydrogens is 458 g/mol. The van der Waals surface area contributed by atoms with E-state index in [1.165, 1.54) is 5.56 Å². The molecule has 1 aliphatic heterocycles. The van der Waals surface area contributed by atoms with Gasteiger partial charge in [0.2, 0.25) is 0 Å². The highest BCUT2D eigenvalue weighted by molar-refractivity contribution is 9.10. The largest absolute Gasteiger partial charge is 0.496 e. The lowest BCUT2D eigenvalue weighted by atomic mass is 10.0. The van der Waals surface area contributed by atoms with Gasteiger partial charge in [-0.2, -0.15) is 5.10 Å². The molecule has 0 fully saturated rings. The average Bonchev–Trinajstić information content (AvgIpc) is 2.83. The molecule has 134 valence electrons. The zero-order valence-corrected chi connectivity index (χ0v) is 17.6. The molecule has 0 bridgehead atoms. The van der Waals surface area contributed by atoms with E-state index in [2.05, 4.69) is 49.3 Å². The van der Waals surface area contributed by atoms with Gasteiger partial charge in [0.05, 0.1) is 12.8 Å². The standard InChI is InChI=1S/C20H19Br2N3O/c1-26-18-10-9-13(21)12-15(18)19-14-6-4-5-11-23-20(14)25(24-19)17-8-3-2-7-16(17)22/h2-3,7-10,12,23H,4-6,11H2,1H3. The van der Waals surface area contributed by atoms with Gasteiger partial charge in [-0.15, -0.1) is 0 Å². The first-order valence-electron chi connectivity index (χ1n) is 8.63. The molecule has 6 heteroatoms. The van der Waals surface area contributed by atoms with Crippen molar-refractivity contribution in [3.63, 3.8) is 0 Å². The first-order valence-corrected chi connectivity index (χ1v) is 10.2. The van der Waals surface area contributed by atoms with E-state index in [4.69, 9.17) is 9.84 Å². The Morgan fingerprint density at radius 2 is 1.96 bits per heavy atom. The number of anilines is 1. The highest BCUT2D eigenvalue weighted by atomic mass is 79.9. The minimum atomic E-state index is 0.831. The number of hydrogen-bond donors (Lipinski definition) is 1. The molecule has 4 nitrogen and oxygen atoms in total. The fourth-order valence-corrected chi connectivity index (χ4v) is 4.20. The number of benzene rings is 2. The molecule has 0 amide bonds. The van der Waals surface area contributed by atoms with Gasteiger partial charge in [0.1, 0.15) is 17.3 Å². The molecule has 1 aliphatic rings. The predicted octanol–water partition coefficient (Wildman–Crippen LogP) is 5.82. The Bertz CT molecular complexity index is 952. The fourth-order valence-electron chi connectivity index (χ4n) is 3.38. The molecule has 1 aromatic heterocycles. The maximum absolute atomic E-state index is 5.62. The highest BCUT2D eigenvalue weighted by Crippen LogP contribution is 2.39. The Hall–Kier alpha value is -1.79. The lowest BCUT2D eigenvalue weighted by Crippen LogP contribution is -2.07. The van der Waals surface area contributed by atoms with Gasteiger partial charge < -0.3 is 10.1 Å². The molecule has 2 heterocycles. The van der Waals surface area contributed by atoms with E-state index >= 15 is 0 Å². The molecule has 0 aliphatic carbocycles. The van der Waals surface area contributed by atoms with Gasteiger partial charge in [-0.25, -0.2) is 4.68 Å². The smallest absolute Gasteiger partial charge is 0.133 e. The minimum absolute atomic E-state index is 0.831. The number of rotatable bonds is 3. The first-order chi connectivity index (χ1) is 12.7. The van der Waals surface area contributed by atoms with Gasteiger partial charge in [0, 0.05) is 26.6 Å². The van der Waals surface area contributed by atoms with E-state index in [0.29, 0.717) is 0 Å². The zero-order valence-electron chi connectivity index (χ0n) is 14.4. The topological polar surface area (TPSA) is 39.1 Å². The van der Waals surface area contributed by atoms with E-state index < -0.39 is 0 Å². The molecule has 0 saturated carbocycles. The van der Waals surface area contributed by atoms with E-state index in [9.17, 15) is 0 Å². The van der Waals surface area contributed by atoms with Crippen LogP contribution in [0.3, 0.4) is 0 Å². The second-order valence-electron chi connectivity index (χ2n) is 6.27. The molecule has 0 saturated heterocycles. The van der Waals surface area contributed by atoms with Gasteiger partial charge in [-0.3, -0.25) is 0 Å². The van der Waals surface area contributed by atoms with Crippen LogP contribution in [0.4, 0.5) is 5.82 Å². The Labute approximate surface area is 169 Å². The molecular formula is C20H19Br2N3O. The summed E-state index contributed by atoms with van der Waals surface area (Å²) in [7, 11) is 1.70. The third-order valence-electron chi connectivity index (χ3n) is 4.63. The van der Waals surface area contributed by atoms with Crippen molar-refractivity contribution < 1.29 is 4.74 Å². The number of hydrogen-bond acceptors (Lipinski definition) is 3. The second-order valence-corrected chi connectivity index (χ2v) is 8.04. The molecule has 4 rings (SSSR count). The van der Waals surface area contributed by atoms with Crippen LogP contribution in [0.5, 0.6) is 5.75 Å². The zero-order chi connectivity index (χ0) is 18.1. The Balaban J connectivity index is 1.97. The molecule has 0 atom stereocenters. The van der Waals surface area contributed by atoms with E-state index in [0.717, 1.165) is 63.3 Å². The number of nitrogens with zero attached hydrogens (tertiary/aromatic N) is 2. The maximum atomic E-state index is 5.62. The summed E-state index contributed by atoms with van der Waals surface area (Å²) in [6, 6.07) is 14.2. The number of ether oxygens (including phenoxy) is 1. The summed E-state index contributed by atoms with van der Waals surface area (Å²) in [5.41, 5.74) is 4.25. The summed E-state index contributed by atoms with van der Waals surface area (Å²) in [5.74, 6) is 1.91. The number of para-hydroxylation sites is 1. The molecule has 0 spiro atoms. The monoisotopic (exact) mass is 475 g/mol. The summed E-state index contributed by atoms with van der Waals surface area (Å²) >= 11 is 7.25. The average molecular weight is 477 g/mol. The fraction of sp³-hybridized carbons (Fsp3) is 0.250. The second kappa shape index (κ2) is 7.45. The van der Waals surface area contributed by atoms with Crippen LogP contribution >= 0.6 is 31.9 Å². The van der Waals surface area contributed by atoms with Crippen molar-refractivity contribution in [2.45, 2.75) is 19.3 Å². The Morgan fingerprint density at radius 1 is 1.12 bits per heavy atom. The first kappa shape index (κ1) is 17.6. The number of halogens is 2. The summed E-state index contributed by atoms with van der Waals surface area (Å²) < 4.78 is 9.66. The number of methoxy groups -OCH3 is 1. The van der Waals surface area contributed by atoms with Gasteiger partial charge in [-0.05, 0) is 65.5 Å². The van der Waals surface area contributed by atoms with Crippen LogP contribution in [0.2, 0.25) is 0 Å². The third kappa shape index (κ3) is 3.16. The van der Waals surface area contributed by atoms with Crippen molar-refractivity contribution >= 4 is 37.7 Å². The SMILES string of the molecule is COc1ccc(Br)cc1-c1nn(-c2ccccc2Br)c2c1CCCCN2. The Kier molecular flexibility index (Phi) is 5.05. The van der Waals surface area contributed by atoms with Crippen LogP contribution in [0.25, 0.3) is 16.9 Å². The van der Waals surface area contributed by atoms with Gasteiger partial charge in [-0.1, -0.05) is 28.1 Å². The lowest BCUT2D eigenvalue weighted by molar-refractivity contribution is 0.416. The predicted molar refractivity (Wildman–Crippen MR) is 112 cm³/mol. The molecule has 2 aromatic carbocycles. The van der Waals surface area contributed by atoms with E-state index in [1.54, 1.807) is 7.11 Å². The summed E-state index contributed by atoms with van der Waals surface area (Å²) in [6.07, 6.45) is 3.29. The van der Waals surface area contributed by atoms with Crippen molar-refractivity contribution in [3.05, 3.63) is 57.0 Å². The molecule has 1 N–H and O–H groups in total. The summed E-state index contributed by atoms with van der Waals surface area (Å²) in [6.45, 7) is 0.957. The summed E-state index contributed by atoms with van der Waals surface area (Å²) in [4.78, 5) is 0. The minimum Gasteiger partial charge on any atom is -0.496 e. The normalized spacial score (nSPS) is 13.7. The van der Waals surface area contributed by atoms with E-state index in [-0.39, 0.29) is 0 Å². The van der Waals surface area contributed by atoms with Crippen LogP contribution in [0, 0.1) is 0 Å². The molecule has 0 unspecified atom stereocenters. The molecule has 26 heavy (non-hydrogen) atoms. The van der Waals surface area contributed by atoms with Gasteiger partial charge >= 0.3 is 0 Å². The van der Waals surface area contributed by atoms with Crippen molar-refractivity contribution in [1.82, 2.24) is 9.78 Å². The highest BCUT2D eigenvalue weighted by Gasteiger charge is 2.24. The molecule has 3 aromatic rings. The maximum Gasteiger partial charge on any atom is 0.133 e. The van der Waals surface area contributed by atoms with Crippen molar-refractivity contribution in [1.29, 1.82) is 0 Å². The number of fused-ring (bicyclic) bond motifs is 1.